The highest BCUT2D eigenvalue weighted by Crippen LogP contribution is 2.29. The number of fused-ring (bicyclic) bond motifs is 1. The van der Waals surface area contributed by atoms with Gasteiger partial charge in [-0.2, -0.15) is 0 Å². The van der Waals surface area contributed by atoms with Crippen LogP contribution >= 0.6 is 11.6 Å². The number of nitrogens with one attached hydrogen (secondary N) is 2. The van der Waals surface area contributed by atoms with E-state index in [9.17, 15) is 19.1 Å². The molecule has 0 saturated carbocycles. The minimum Gasteiger partial charge on any atom is -0.372 e. The number of aliphatic hydroxyl groups is 1. The highest BCUT2D eigenvalue weighted by atomic mass is 35.5. The predicted octanol–water partition coefficient (Wildman–Crippen LogP) is 1.53. The van der Waals surface area contributed by atoms with Crippen LogP contribution < -0.4 is 10.2 Å². The number of benzene rings is 1. The van der Waals surface area contributed by atoms with Gasteiger partial charge < -0.3 is 20.3 Å². The molecule has 2 aromatic heterocycles. The smallest absolute Gasteiger partial charge is 0.268 e. The fraction of sp³-hybridized carbons (Fsp3) is 0.222. The van der Waals surface area contributed by atoms with Crippen LogP contribution in [-0.4, -0.2) is 44.0 Å². The minimum absolute atomic E-state index is 0.0767. The number of halogens is 2. The van der Waals surface area contributed by atoms with Crippen molar-refractivity contribution in [2.24, 2.45) is 0 Å². The molecule has 1 aromatic carbocycles. The Kier molecular flexibility index (Phi) is 4.48. The molecule has 1 aliphatic heterocycles. The highest BCUT2D eigenvalue weighted by Gasteiger charge is 2.51. The number of carbonyl (C=O) groups excluding carboxylic acids is 2. The third kappa shape index (κ3) is 3.19. The van der Waals surface area contributed by atoms with E-state index in [0.717, 1.165) is 6.07 Å². The van der Waals surface area contributed by atoms with Gasteiger partial charge in [0.2, 0.25) is 5.60 Å². The molecule has 3 aromatic rings. The number of rotatable bonds is 4. The number of carbonyl (C=O) groups is 2. The zero-order chi connectivity index (χ0) is 19.9. The normalized spacial score (nSPS) is 19.4. The number of hydrogen-bond donors (Lipinski definition) is 3. The second-order valence-electron chi connectivity index (χ2n) is 6.49. The van der Waals surface area contributed by atoms with Crippen molar-refractivity contribution in [1.29, 1.82) is 0 Å². The molecule has 1 aliphatic rings. The average molecular weight is 404 g/mol. The molecule has 0 bridgehead atoms. The van der Waals surface area contributed by atoms with E-state index in [0.29, 0.717) is 22.4 Å². The van der Waals surface area contributed by atoms with E-state index in [1.807, 2.05) is 0 Å². The maximum absolute atomic E-state index is 13.4. The number of pyridine rings is 1. The first-order chi connectivity index (χ1) is 13.4. The van der Waals surface area contributed by atoms with Crippen molar-refractivity contribution in [2.45, 2.75) is 18.6 Å². The summed E-state index contributed by atoms with van der Waals surface area (Å²) in [5.74, 6) is -2.15. The molecule has 0 aliphatic carbocycles. The minimum atomic E-state index is -2.21. The summed E-state index contributed by atoms with van der Waals surface area (Å²) in [4.78, 5) is 37.6. The Hall–Kier alpha value is -3.04. The lowest BCUT2D eigenvalue weighted by atomic mass is 10.0. The van der Waals surface area contributed by atoms with Crippen LogP contribution in [0, 0.1) is 5.82 Å². The van der Waals surface area contributed by atoms with Crippen molar-refractivity contribution < 1.29 is 19.1 Å². The van der Waals surface area contributed by atoms with Crippen molar-refractivity contribution in [3.63, 3.8) is 0 Å². The number of hydrogen-bond acceptors (Lipinski definition) is 5. The Labute approximate surface area is 163 Å². The lowest BCUT2D eigenvalue weighted by Gasteiger charge is -2.21. The molecule has 8 nitrogen and oxygen atoms in total. The predicted molar refractivity (Wildman–Crippen MR) is 99.1 cm³/mol. The maximum atomic E-state index is 13.4. The largest absolute Gasteiger partial charge is 0.372 e. The van der Waals surface area contributed by atoms with E-state index in [4.69, 9.17) is 11.6 Å². The van der Waals surface area contributed by atoms with Gasteiger partial charge in [0.25, 0.3) is 11.8 Å². The molecular weight excluding hydrogens is 389 g/mol. The zero-order valence-electron chi connectivity index (χ0n) is 14.4. The van der Waals surface area contributed by atoms with Crippen LogP contribution in [0.3, 0.4) is 0 Å². The average Bonchev–Trinajstić information content (AvgIpc) is 3.24. The molecule has 0 radical (unpaired) electrons. The van der Waals surface area contributed by atoms with Gasteiger partial charge in [-0.25, -0.2) is 14.4 Å². The summed E-state index contributed by atoms with van der Waals surface area (Å²) in [5.41, 5.74) is -0.231. The summed E-state index contributed by atoms with van der Waals surface area (Å²) in [6.45, 7) is 0.0683. The molecule has 1 unspecified atom stereocenters. The van der Waals surface area contributed by atoms with Gasteiger partial charge in [0.1, 0.15) is 11.3 Å². The molecule has 10 heteroatoms. The van der Waals surface area contributed by atoms with Crippen LogP contribution in [0.4, 0.5) is 10.1 Å². The number of anilines is 1. The first-order valence-electron chi connectivity index (χ1n) is 8.43. The van der Waals surface area contributed by atoms with Gasteiger partial charge in [-0.3, -0.25) is 9.59 Å². The highest BCUT2D eigenvalue weighted by molar-refractivity contribution is 6.30. The van der Waals surface area contributed by atoms with E-state index in [2.05, 4.69) is 20.3 Å². The van der Waals surface area contributed by atoms with E-state index in [1.165, 1.54) is 29.6 Å². The van der Waals surface area contributed by atoms with Gasteiger partial charge in [0.05, 0.1) is 18.2 Å². The molecule has 0 spiro atoms. The maximum Gasteiger partial charge on any atom is 0.268 e. The number of aromatic nitrogens is 3. The van der Waals surface area contributed by atoms with Gasteiger partial charge in [-0.1, -0.05) is 11.6 Å². The van der Waals surface area contributed by atoms with E-state index in [1.54, 1.807) is 6.07 Å². The van der Waals surface area contributed by atoms with Gasteiger partial charge in [0, 0.05) is 24.5 Å². The van der Waals surface area contributed by atoms with Crippen LogP contribution in [0.1, 0.15) is 12.0 Å². The molecular formula is C18H15ClFN5O3. The van der Waals surface area contributed by atoms with Crippen molar-refractivity contribution in [3.8, 4) is 0 Å². The lowest BCUT2D eigenvalue weighted by Crippen LogP contribution is -2.52. The summed E-state index contributed by atoms with van der Waals surface area (Å²) < 4.78 is 13.4. The fourth-order valence-corrected chi connectivity index (χ4v) is 3.41. The Morgan fingerprint density at radius 2 is 2.18 bits per heavy atom. The second kappa shape index (κ2) is 6.84. The number of aromatic amines is 1. The molecule has 144 valence electrons. The second-order valence-corrected chi connectivity index (χ2v) is 6.93. The standard InChI is InChI=1S/C18H15ClFN5O3/c19-11-3-10(4-12(20)5-11)7-22-16(26)18(28)1-2-25(17(18)27)13-6-14-15(21-8-13)24-9-23-14/h3-6,8-9,28H,1-2,7H2,(H,22,26)(H,21,23,24). The molecule has 4 rings (SSSR count). The van der Waals surface area contributed by atoms with Gasteiger partial charge in [-0.15, -0.1) is 0 Å². The Morgan fingerprint density at radius 3 is 2.96 bits per heavy atom. The Bertz CT molecular complexity index is 1070. The molecule has 1 fully saturated rings. The van der Waals surface area contributed by atoms with Gasteiger partial charge in [0.15, 0.2) is 5.65 Å². The van der Waals surface area contributed by atoms with Crippen LogP contribution in [0.15, 0.2) is 36.8 Å². The quantitative estimate of drug-likeness (QED) is 0.572. The molecule has 3 heterocycles. The summed E-state index contributed by atoms with van der Waals surface area (Å²) >= 11 is 5.79. The monoisotopic (exact) mass is 403 g/mol. The van der Waals surface area contributed by atoms with Crippen molar-refractivity contribution in [3.05, 3.63) is 53.2 Å². The topological polar surface area (TPSA) is 111 Å². The number of nitrogens with zero attached hydrogens (tertiary/aromatic N) is 3. The van der Waals surface area contributed by atoms with E-state index in [-0.39, 0.29) is 24.5 Å². The van der Waals surface area contributed by atoms with Crippen molar-refractivity contribution in [2.75, 3.05) is 11.4 Å². The van der Waals surface area contributed by atoms with Crippen molar-refractivity contribution >= 4 is 40.3 Å². The molecule has 28 heavy (non-hydrogen) atoms. The molecule has 1 saturated heterocycles. The Balaban J connectivity index is 1.49. The summed E-state index contributed by atoms with van der Waals surface area (Å²) in [7, 11) is 0. The first-order valence-corrected chi connectivity index (χ1v) is 8.81. The third-order valence-corrected chi connectivity index (χ3v) is 4.84. The van der Waals surface area contributed by atoms with Gasteiger partial charge in [-0.05, 0) is 29.8 Å². The molecule has 1 atom stereocenters. The first kappa shape index (κ1) is 18.3. The summed E-state index contributed by atoms with van der Waals surface area (Å²) in [6.07, 6.45) is 2.87. The van der Waals surface area contributed by atoms with Crippen molar-refractivity contribution in [1.82, 2.24) is 20.3 Å². The zero-order valence-corrected chi connectivity index (χ0v) is 15.2. The lowest BCUT2D eigenvalue weighted by molar-refractivity contribution is -0.149. The number of H-pyrrole nitrogens is 1. The SMILES string of the molecule is O=C(NCc1cc(F)cc(Cl)c1)C1(O)CCN(c2cnc3[nH]cnc3c2)C1=O. The van der Waals surface area contributed by atoms with E-state index < -0.39 is 23.2 Å². The summed E-state index contributed by atoms with van der Waals surface area (Å²) in [6, 6.07) is 5.49. The number of imidazole rings is 1. The van der Waals surface area contributed by atoms with E-state index >= 15 is 0 Å². The summed E-state index contributed by atoms with van der Waals surface area (Å²) in [5, 5.41) is 13.3. The fourth-order valence-electron chi connectivity index (χ4n) is 3.17. The third-order valence-electron chi connectivity index (χ3n) is 4.62. The van der Waals surface area contributed by atoms with Crippen LogP contribution in [0.2, 0.25) is 5.02 Å². The number of amides is 2. The molecule has 2 amide bonds. The Morgan fingerprint density at radius 1 is 1.36 bits per heavy atom. The van der Waals surface area contributed by atoms with Crippen LogP contribution in [-0.2, 0) is 16.1 Å². The van der Waals surface area contributed by atoms with Crippen LogP contribution in [0.5, 0.6) is 0 Å². The van der Waals surface area contributed by atoms with Gasteiger partial charge >= 0.3 is 0 Å². The molecule has 3 N–H and O–H groups in total. The van der Waals surface area contributed by atoms with Crippen LogP contribution in [0.25, 0.3) is 11.2 Å².